The van der Waals surface area contributed by atoms with Crippen LogP contribution in [0.1, 0.15) is 16.8 Å². The summed E-state index contributed by atoms with van der Waals surface area (Å²) in [4.78, 5) is 25.3. The Labute approximate surface area is 104 Å². The molecule has 18 heavy (non-hydrogen) atoms. The first-order valence-corrected chi connectivity index (χ1v) is 5.70. The van der Waals surface area contributed by atoms with Crippen molar-refractivity contribution in [3.8, 4) is 0 Å². The lowest BCUT2D eigenvalue weighted by atomic mass is 10.1. The molecule has 1 aromatic heterocycles. The number of fused-ring (bicyclic) bond motifs is 1. The summed E-state index contributed by atoms with van der Waals surface area (Å²) in [5.41, 5.74) is 1.56. The van der Waals surface area contributed by atoms with Crippen molar-refractivity contribution in [2.45, 2.75) is 6.42 Å². The van der Waals surface area contributed by atoms with Crippen LogP contribution in [0.3, 0.4) is 0 Å². The summed E-state index contributed by atoms with van der Waals surface area (Å²) < 4.78 is 0. The Morgan fingerprint density at radius 3 is 2.83 bits per heavy atom. The fraction of sp³-hybridized carbons (Fsp3) is 0.231. The number of hydrogen-bond donors (Lipinski definition) is 3. The van der Waals surface area contributed by atoms with E-state index in [-0.39, 0.29) is 18.7 Å². The number of aromatic nitrogens is 1. The van der Waals surface area contributed by atoms with E-state index in [1.54, 1.807) is 6.20 Å². The summed E-state index contributed by atoms with van der Waals surface area (Å²) >= 11 is 0. The van der Waals surface area contributed by atoms with Gasteiger partial charge in [0.25, 0.3) is 0 Å². The molecular formula is C13H14N2O3. The number of carbonyl (C=O) groups excluding carboxylic acids is 1. The minimum atomic E-state index is -0.873. The zero-order valence-corrected chi connectivity index (χ0v) is 9.77. The largest absolute Gasteiger partial charge is 0.481 e. The zero-order valence-electron chi connectivity index (χ0n) is 9.77. The number of hydrogen-bond acceptors (Lipinski definition) is 3. The first-order valence-electron chi connectivity index (χ1n) is 5.70. The van der Waals surface area contributed by atoms with Crippen LogP contribution in [0.25, 0.3) is 10.9 Å². The Kier molecular flexibility index (Phi) is 3.74. The molecule has 0 aliphatic rings. The van der Waals surface area contributed by atoms with Crippen LogP contribution >= 0.6 is 0 Å². The van der Waals surface area contributed by atoms with Crippen LogP contribution in [-0.2, 0) is 4.79 Å². The van der Waals surface area contributed by atoms with E-state index in [0.717, 1.165) is 10.9 Å². The molecule has 0 atom stereocenters. The van der Waals surface area contributed by atoms with Crippen molar-refractivity contribution >= 4 is 22.7 Å². The van der Waals surface area contributed by atoms with Crippen LogP contribution in [0.4, 0.5) is 0 Å². The molecule has 0 amide bonds. The average molecular weight is 246 g/mol. The molecule has 5 nitrogen and oxygen atoms in total. The normalized spacial score (nSPS) is 10.7. The van der Waals surface area contributed by atoms with Gasteiger partial charge in [0.2, 0.25) is 0 Å². The lowest BCUT2D eigenvalue weighted by molar-refractivity contribution is -0.136. The number of aromatic amines is 1. The summed E-state index contributed by atoms with van der Waals surface area (Å²) in [7, 11) is 0. The van der Waals surface area contributed by atoms with Gasteiger partial charge in [0.05, 0.1) is 13.0 Å². The number of carboxylic acid groups (broad SMARTS) is 1. The van der Waals surface area contributed by atoms with E-state index >= 15 is 0 Å². The molecule has 1 heterocycles. The first kappa shape index (κ1) is 12.3. The average Bonchev–Trinajstić information content (AvgIpc) is 2.78. The number of ketones is 1. The van der Waals surface area contributed by atoms with E-state index in [2.05, 4.69) is 10.3 Å². The second kappa shape index (κ2) is 5.46. The molecule has 3 N–H and O–H groups in total. The topological polar surface area (TPSA) is 82.2 Å². The summed E-state index contributed by atoms with van der Waals surface area (Å²) in [5, 5.41) is 12.2. The third kappa shape index (κ3) is 2.75. The van der Waals surface area contributed by atoms with Gasteiger partial charge in [0, 0.05) is 29.2 Å². The number of nitrogens with one attached hydrogen (secondary N) is 2. The highest BCUT2D eigenvalue weighted by Crippen LogP contribution is 2.17. The second-order valence-electron chi connectivity index (χ2n) is 3.99. The Hall–Kier alpha value is -2.14. The van der Waals surface area contributed by atoms with Gasteiger partial charge in [-0.3, -0.25) is 9.59 Å². The fourth-order valence-corrected chi connectivity index (χ4v) is 1.79. The Balaban J connectivity index is 1.99. The maximum absolute atomic E-state index is 11.9. The predicted molar refractivity (Wildman–Crippen MR) is 67.8 cm³/mol. The maximum Gasteiger partial charge on any atom is 0.304 e. The molecule has 0 unspecified atom stereocenters. The summed E-state index contributed by atoms with van der Waals surface area (Å²) in [5.74, 6) is -0.917. The molecule has 0 bridgehead atoms. The van der Waals surface area contributed by atoms with Gasteiger partial charge < -0.3 is 15.4 Å². The van der Waals surface area contributed by atoms with E-state index < -0.39 is 5.97 Å². The monoisotopic (exact) mass is 246 g/mol. The molecule has 0 spiro atoms. The van der Waals surface area contributed by atoms with Gasteiger partial charge in [-0.1, -0.05) is 18.2 Å². The molecule has 0 aliphatic carbocycles. The zero-order chi connectivity index (χ0) is 13.0. The summed E-state index contributed by atoms with van der Waals surface area (Å²) in [6, 6.07) is 7.57. The van der Waals surface area contributed by atoms with Gasteiger partial charge in [-0.05, 0) is 6.07 Å². The Bertz CT molecular complexity index is 574. The van der Waals surface area contributed by atoms with Crippen LogP contribution in [0.2, 0.25) is 0 Å². The summed E-state index contributed by atoms with van der Waals surface area (Å²) in [6.45, 7) is 0.443. The highest BCUT2D eigenvalue weighted by Gasteiger charge is 2.11. The third-order valence-corrected chi connectivity index (χ3v) is 2.69. The SMILES string of the molecule is O=C(O)CCNCC(=O)c1c[nH]c2ccccc12. The van der Waals surface area contributed by atoms with E-state index in [0.29, 0.717) is 12.1 Å². The number of H-pyrrole nitrogens is 1. The molecule has 1 aromatic carbocycles. The second-order valence-corrected chi connectivity index (χ2v) is 3.99. The smallest absolute Gasteiger partial charge is 0.304 e. The summed E-state index contributed by atoms with van der Waals surface area (Å²) in [6.07, 6.45) is 1.70. The maximum atomic E-state index is 11.9. The van der Waals surface area contributed by atoms with Crippen molar-refractivity contribution in [1.29, 1.82) is 0 Å². The van der Waals surface area contributed by atoms with Crippen LogP contribution in [-0.4, -0.2) is 34.9 Å². The quantitative estimate of drug-likeness (QED) is 0.531. The van der Waals surface area contributed by atoms with Crippen LogP contribution < -0.4 is 5.32 Å². The molecule has 0 fully saturated rings. The first-order chi connectivity index (χ1) is 8.68. The number of aliphatic carboxylic acids is 1. The molecule has 0 saturated carbocycles. The standard InChI is InChI=1S/C13H14N2O3/c16-12(8-14-6-5-13(17)18)10-7-15-11-4-2-1-3-9(10)11/h1-4,7,14-15H,5-6,8H2,(H,17,18). The van der Waals surface area contributed by atoms with Crippen molar-refractivity contribution < 1.29 is 14.7 Å². The number of carboxylic acids is 1. The molecule has 94 valence electrons. The van der Waals surface area contributed by atoms with Crippen molar-refractivity contribution in [1.82, 2.24) is 10.3 Å². The lowest BCUT2D eigenvalue weighted by Crippen LogP contribution is -2.25. The minimum absolute atomic E-state index is 0.0150. The number of carbonyl (C=O) groups is 2. The van der Waals surface area contributed by atoms with Crippen LogP contribution in [0.15, 0.2) is 30.5 Å². The molecular weight excluding hydrogens is 232 g/mol. The van der Waals surface area contributed by atoms with Gasteiger partial charge in [-0.15, -0.1) is 0 Å². The van der Waals surface area contributed by atoms with Crippen molar-refractivity contribution in [2.75, 3.05) is 13.1 Å². The number of Topliss-reactive ketones (excluding diaryl/α,β-unsaturated/α-hetero) is 1. The lowest BCUT2D eigenvalue weighted by Gasteiger charge is -2.01. The van der Waals surface area contributed by atoms with Gasteiger partial charge in [0.15, 0.2) is 5.78 Å². The third-order valence-electron chi connectivity index (χ3n) is 2.69. The van der Waals surface area contributed by atoms with E-state index in [1.807, 2.05) is 24.3 Å². The highest BCUT2D eigenvalue weighted by atomic mass is 16.4. The number of benzene rings is 1. The van der Waals surface area contributed by atoms with E-state index in [1.165, 1.54) is 0 Å². The van der Waals surface area contributed by atoms with Gasteiger partial charge in [0.1, 0.15) is 0 Å². The van der Waals surface area contributed by atoms with Crippen molar-refractivity contribution in [3.63, 3.8) is 0 Å². The van der Waals surface area contributed by atoms with E-state index in [9.17, 15) is 9.59 Å². The van der Waals surface area contributed by atoms with E-state index in [4.69, 9.17) is 5.11 Å². The molecule has 5 heteroatoms. The van der Waals surface area contributed by atoms with Gasteiger partial charge in [-0.2, -0.15) is 0 Å². The fourth-order valence-electron chi connectivity index (χ4n) is 1.79. The highest BCUT2D eigenvalue weighted by molar-refractivity contribution is 6.08. The van der Waals surface area contributed by atoms with Crippen LogP contribution in [0, 0.1) is 0 Å². The molecule has 0 saturated heterocycles. The van der Waals surface area contributed by atoms with Crippen molar-refractivity contribution in [3.05, 3.63) is 36.0 Å². The van der Waals surface area contributed by atoms with Gasteiger partial charge >= 0.3 is 5.97 Å². The number of rotatable bonds is 6. The predicted octanol–water partition coefficient (Wildman–Crippen LogP) is 1.41. The molecule has 0 radical (unpaired) electrons. The molecule has 2 aromatic rings. The minimum Gasteiger partial charge on any atom is -0.481 e. The Morgan fingerprint density at radius 1 is 1.28 bits per heavy atom. The van der Waals surface area contributed by atoms with Crippen LogP contribution in [0.5, 0.6) is 0 Å². The molecule has 2 rings (SSSR count). The number of para-hydroxylation sites is 1. The van der Waals surface area contributed by atoms with Gasteiger partial charge in [-0.25, -0.2) is 0 Å². The molecule has 0 aliphatic heterocycles. The van der Waals surface area contributed by atoms with Crippen molar-refractivity contribution in [2.24, 2.45) is 0 Å². The Morgan fingerprint density at radius 2 is 2.06 bits per heavy atom.